The van der Waals surface area contributed by atoms with Crippen LogP contribution in [-0.2, 0) is 30.4 Å². The zero-order valence-electron chi connectivity index (χ0n) is 18.1. The number of aromatic hydroxyl groups is 1. The third kappa shape index (κ3) is 4.67. The van der Waals surface area contributed by atoms with Crippen molar-refractivity contribution >= 4 is 63.3 Å². The highest BCUT2D eigenvalue weighted by atomic mass is 32.2. The second kappa shape index (κ2) is 8.58. The lowest BCUT2D eigenvalue weighted by Crippen LogP contribution is -2.03. The van der Waals surface area contributed by atoms with Crippen molar-refractivity contribution in [3.63, 3.8) is 0 Å². The highest BCUT2D eigenvalue weighted by molar-refractivity contribution is 7.86. The molecule has 0 bridgehead atoms. The van der Waals surface area contributed by atoms with Gasteiger partial charge in [0.05, 0.1) is 4.90 Å². The largest absolute Gasteiger partial charge is 0.505 e. The number of fused-ring (bicyclic) bond motifs is 2. The Hall–Kier alpha value is -3.47. The molecule has 12 nitrogen and oxygen atoms in total. The first-order valence-corrected chi connectivity index (χ1v) is 14.1. The minimum absolute atomic E-state index is 0.140. The Bertz CT molecular complexity index is 1930. The van der Waals surface area contributed by atoms with Crippen molar-refractivity contribution in [2.75, 3.05) is 0 Å². The molecule has 0 radical (unpaired) electrons. The van der Waals surface area contributed by atoms with E-state index in [1.165, 1.54) is 37.3 Å². The van der Waals surface area contributed by atoms with Crippen LogP contribution in [0.25, 0.3) is 21.5 Å². The van der Waals surface area contributed by atoms with E-state index in [0.717, 1.165) is 24.3 Å². The molecule has 0 atom stereocenters. The van der Waals surface area contributed by atoms with E-state index in [1.807, 2.05) is 0 Å². The van der Waals surface area contributed by atoms with Crippen molar-refractivity contribution in [2.24, 2.45) is 10.2 Å². The van der Waals surface area contributed by atoms with Gasteiger partial charge in [0.1, 0.15) is 21.2 Å². The summed E-state index contributed by atoms with van der Waals surface area (Å²) < 4.78 is 99.2. The summed E-state index contributed by atoms with van der Waals surface area (Å²) in [7, 11) is -14.2. The van der Waals surface area contributed by atoms with E-state index in [1.54, 1.807) is 0 Å². The molecule has 0 aliphatic heterocycles. The monoisotopic (exact) mass is 552 g/mol. The smallest absolute Gasteiger partial charge is 0.297 e. The van der Waals surface area contributed by atoms with Crippen LogP contribution in [0.1, 0.15) is 5.56 Å². The summed E-state index contributed by atoms with van der Waals surface area (Å²) >= 11 is 0. The molecule has 36 heavy (non-hydrogen) atoms. The van der Waals surface area contributed by atoms with Crippen molar-refractivity contribution in [1.29, 1.82) is 0 Å². The van der Waals surface area contributed by atoms with Crippen LogP contribution < -0.4 is 0 Å². The Balaban J connectivity index is 1.92. The van der Waals surface area contributed by atoms with Crippen molar-refractivity contribution in [3.8, 4) is 5.75 Å². The predicted molar refractivity (Wildman–Crippen MR) is 128 cm³/mol. The van der Waals surface area contributed by atoms with Crippen LogP contribution in [0.4, 0.5) is 11.4 Å². The average Bonchev–Trinajstić information content (AvgIpc) is 2.75. The number of nitrogens with zero attached hydrogens (tertiary/aromatic N) is 2. The van der Waals surface area contributed by atoms with Gasteiger partial charge in [0.15, 0.2) is 5.75 Å². The Kier molecular flexibility index (Phi) is 6.10. The first-order valence-electron chi connectivity index (χ1n) is 9.75. The molecule has 15 heteroatoms. The summed E-state index contributed by atoms with van der Waals surface area (Å²) in [5.74, 6) is -0.418. The fourth-order valence-electron chi connectivity index (χ4n) is 3.81. The summed E-state index contributed by atoms with van der Waals surface area (Å²) in [6.07, 6.45) is 0. The molecule has 0 amide bonds. The Morgan fingerprint density at radius 1 is 0.694 bits per heavy atom. The molecule has 0 aromatic heterocycles. The van der Waals surface area contributed by atoms with Crippen LogP contribution in [0.15, 0.2) is 79.5 Å². The molecule has 0 heterocycles. The molecule has 0 fully saturated rings. The second-order valence-corrected chi connectivity index (χ2v) is 11.8. The van der Waals surface area contributed by atoms with Gasteiger partial charge in [-0.25, -0.2) is 0 Å². The quantitative estimate of drug-likeness (QED) is 0.205. The van der Waals surface area contributed by atoms with Crippen molar-refractivity contribution in [1.82, 2.24) is 0 Å². The topological polar surface area (TPSA) is 208 Å². The van der Waals surface area contributed by atoms with Gasteiger partial charge in [-0.2, -0.15) is 25.3 Å². The van der Waals surface area contributed by atoms with Gasteiger partial charge in [0.2, 0.25) is 0 Å². The Morgan fingerprint density at radius 3 is 1.94 bits per heavy atom. The number of phenols is 1. The minimum Gasteiger partial charge on any atom is -0.505 e. The van der Waals surface area contributed by atoms with Gasteiger partial charge < -0.3 is 5.11 Å². The minimum atomic E-state index is -4.97. The molecule has 0 unspecified atom stereocenters. The van der Waals surface area contributed by atoms with E-state index in [-0.39, 0.29) is 37.7 Å². The number of aryl methyl sites for hydroxylation is 1. The van der Waals surface area contributed by atoms with Crippen molar-refractivity contribution in [3.05, 3.63) is 60.2 Å². The molecule has 0 spiro atoms. The van der Waals surface area contributed by atoms with E-state index in [4.69, 9.17) is 0 Å². The molecular weight excluding hydrogens is 536 g/mol. The normalized spacial score (nSPS) is 13.1. The molecule has 4 aromatic rings. The van der Waals surface area contributed by atoms with Gasteiger partial charge in [-0.05, 0) is 48.2 Å². The zero-order chi connectivity index (χ0) is 26.6. The van der Waals surface area contributed by atoms with Crippen molar-refractivity contribution < 1.29 is 44.0 Å². The Labute approximate surface area is 204 Å². The zero-order valence-corrected chi connectivity index (χ0v) is 20.5. The molecule has 188 valence electrons. The summed E-state index contributed by atoms with van der Waals surface area (Å²) in [6, 6.07) is 10.6. The van der Waals surface area contributed by atoms with Crippen LogP contribution in [0.2, 0.25) is 0 Å². The maximum atomic E-state index is 12.2. The van der Waals surface area contributed by atoms with Crippen LogP contribution in [0, 0.1) is 6.92 Å². The van der Waals surface area contributed by atoms with E-state index in [0.29, 0.717) is 0 Å². The van der Waals surface area contributed by atoms with Crippen LogP contribution in [0.3, 0.4) is 0 Å². The van der Waals surface area contributed by atoms with Gasteiger partial charge in [-0.15, -0.1) is 10.2 Å². The number of rotatable bonds is 5. The highest BCUT2D eigenvalue weighted by Gasteiger charge is 2.24. The summed E-state index contributed by atoms with van der Waals surface area (Å²) in [5.41, 5.74) is -0.245. The third-order valence-electron chi connectivity index (χ3n) is 5.29. The predicted octanol–water partition coefficient (Wildman–Crippen LogP) is 4.16. The number of benzene rings is 4. The molecule has 4 aromatic carbocycles. The maximum absolute atomic E-state index is 12.2. The SMILES string of the molecule is Cc1cc(S(=O)(=O)O)cc2ccc(N=Nc3ccc4c(S(=O)(=O)O)cccc4c3S(=O)(=O)O)c(O)c12. The fourth-order valence-corrected chi connectivity index (χ4v) is 5.95. The van der Waals surface area contributed by atoms with Gasteiger partial charge >= 0.3 is 0 Å². The second-order valence-electron chi connectivity index (χ2n) is 7.66. The molecule has 4 N–H and O–H groups in total. The first kappa shape index (κ1) is 25.6. The lowest BCUT2D eigenvalue weighted by molar-refractivity contribution is 0.480. The first-order chi connectivity index (χ1) is 16.6. The van der Waals surface area contributed by atoms with Crippen LogP contribution in [0.5, 0.6) is 5.75 Å². The standard InChI is InChI=1S/C21H16N2O10S3/c1-11-9-13(34(25,26)27)10-12-5-7-16(20(24)19(11)12)22-23-17-8-6-14-15(21(17)36(31,32)33)3-2-4-18(14)35(28,29)30/h2-10,24H,1H3,(H,25,26,27)(H,28,29,30)(H,31,32,33). The van der Waals surface area contributed by atoms with E-state index < -0.39 is 51.6 Å². The van der Waals surface area contributed by atoms with Gasteiger partial charge in [-0.3, -0.25) is 13.7 Å². The van der Waals surface area contributed by atoms with Gasteiger partial charge in [0.25, 0.3) is 30.4 Å². The van der Waals surface area contributed by atoms with Crippen LogP contribution in [-0.4, -0.2) is 44.0 Å². The fraction of sp³-hybridized carbons (Fsp3) is 0.0476. The number of hydrogen-bond donors (Lipinski definition) is 4. The Morgan fingerprint density at radius 2 is 1.33 bits per heavy atom. The molecule has 0 saturated heterocycles. The molecule has 0 aliphatic carbocycles. The summed E-state index contributed by atoms with van der Waals surface area (Å²) in [6.45, 7) is 1.49. The van der Waals surface area contributed by atoms with Crippen LogP contribution >= 0.6 is 0 Å². The lowest BCUT2D eigenvalue weighted by atomic mass is 10.0. The van der Waals surface area contributed by atoms with E-state index in [2.05, 4.69) is 10.2 Å². The summed E-state index contributed by atoms with van der Waals surface area (Å²) in [5, 5.41) is 18.4. The maximum Gasteiger partial charge on any atom is 0.297 e. The molecule has 0 saturated carbocycles. The molecule has 4 rings (SSSR count). The van der Waals surface area contributed by atoms with E-state index in [9.17, 15) is 44.0 Å². The average molecular weight is 553 g/mol. The van der Waals surface area contributed by atoms with Gasteiger partial charge in [-0.1, -0.05) is 24.3 Å². The van der Waals surface area contributed by atoms with E-state index >= 15 is 0 Å². The molecule has 0 aliphatic rings. The van der Waals surface area contributed by atoms with Gasteiger partial charge in [0, 0.05) is 16.2 Å². The number of hydrogen-bond acceptors (Lipinski definition) is 9. The number of phenolic OH excluding ortho intramolecular Hbond substituents is 1. The number of azo groups is 1. The highest BCUT2D eigenvalue weighted by Crippen LogP contribution is 2.40. The lowest BCUT2D eigenvalue weighted by Gasteiger charge is -2.10. The third-order valence-corrected chi connectivity index (χ3v) is 7.98. The summed E-state index contributed by atoms with van der Waals surface area (Å²) in [4.78, 5) is -1.73. The molecular formula is C21H16N2O10S3. The van der Waals surface area contributed by atoms with Crippen molar-refractivity contribution in [2.45, 2.75) is 21.6 Å².